The largest absolute Gasteiger partial charge is 0.449 e. The van der Waals surface area contributed by atoms with Gasteiger partial charge < -0.3 is 19.9 Å². The molecule has 1 heterocycles. The van der Waals surface area contributed by atoms with Crippen LogP contribution in [0.1, 0.15) is 31.1 Å². The van der Waals surface area contributed by atoms with Gasteiger partial charge in [0.2, 0.25) is 5.91 Å². The van der Waals surface area contributed by atoms with Crippen LogP contribution >= 0.6 is 0 Å². The van der Waals surface area contributed by atoms with E-state index in [1.165, 1.54) is 19.1 Å². The minimum atomic E-state index is -0.600. The topological polar surface area (TPSA) is 134 Å². The summed E-state index contributed by atoms with van der Waals surface area (Å²) in [6.07, 6.45) is -0.600. The summed E-state index contributed by atoms with van der Waals surface area (Å²) in [5.74, 6) is -0.356. The minimum Gasteiger partial charge on any atom is -0.449 e. The molecule has 11 nitrogen and oxygen atoms in total. The van der Waals surface area contributed by atoms with Crippen LogP contribution in [0.3, 0.4) is 0 Å². The Morgan fingerprint density at radius 1 is 1.03 bits per heavy atom. The zero-order chi connectivity index (χ0) is 25.5. The molecule has 3 amide bonds. The maximum atomic E-state index is 12.8. The van der Waals surface area contributed by atoms with Crippen LogP contribution in [0.4, 0.5) is 27.5 Å². The minimum absolute atomic E-state index is 0.0297. The maximum absolute atomic E-state index is 12.8. The molecule has 0 unspecified atom stereocenters. The normalized spacial score (nSPS) is 13.4. The van der Waals surface area contributed by atoms with Gasteiger partial charge >= 0.3 is 6.09 Å². The molecule has 0 saturated carbocycles. The summed E-state index contributed by atoms with van der Waals surface area (Å²) in [6.45, 7) is 7.51. The van der Waals surface area contributed by atoms with E-state index >= 15 is 0 Å². The zero-order valence-electron chi connectivity index (χ0n) is 19.9. The lowest BCUT2D eigenvalue weighted by molar-refractivity contribution is -0.384. The molecule has 0 bridgehead atoms. The molecule has 0 aliphatic carbocycles. The van der Waals surface area contributed by atoms with Crippen LogP contribution in [0.15, 0.2) is 42.5 Å². The Morgan fingerprint density at radius 2 is 1.69 bits per heavy atom. The number of ether oxygens (including phenoxy) is 1. The van der Waals surface area contributed by atoms with Crippen molar-refractivity contribution in [3.63, 3.8) is 0 Å². The molecule has 1 aliphatic heterocycles. The third-order valence-electron chi connectivity index (χ3n) is 5.41. The van der Waals surface area contributed by atoms with E-state index in [1.54, 1.807) is 35.2 Å². The number of benzene rings is 2. The Morgan fingerprint density at radius 3 is 2.29 bits per heavy atom. The summed E-state index contributed by atoms with van der Waals surface area (Å²) in [5, 5.41) is 17.0. The third kappa shape index (κ3) is 6.92. The highest BCUT2D eigenvalue weighted by Gasteiger charge is 2.26. The summed E-state index contributed by atoms with van der Waals surface area (Å²) >= 11 is 0. The highest BCUT2D eigenvalue weighted by molar-refractivity contribution is 6.05. The van der Waals surface area contributed by atoms with Crippen molar-refractivity contribution in [2.75, 3.05) is 48.3 Å². The number of hydrogen-bond donors (Lipinski definition) is 2. The van der Waals surface area contributed by atoms with Gasteiger partial charge in [-0.25, -0.2) is 4.79 Å². The summed E-state index contributed by atoms with van der Waals surface area (Å²) in [5.41, 5.74) is 1.18. The quantitative estimate of drug-likeness (QED) is 0.453. The van der Waals surface area contributed by atoms with E-state index in [4.69, 9.17) is 4.74 Å². The van der Waals surface area contributed by atoms with Crippen LogP contribution in [0.5, 0.6) is 0 Å². The summed E-state index contributed by atoms with van der Waals surface area (Å²) in [6, 6.07) is 10.8. The van der Waals surface area contributed by atoms with Gasteiger partial charge in [0.25, 0.3) is 11.6 Å². The molecule has 1 fully saturated rings. The average Bonchev–Trinajstić information content (AvgIpc) is 2.82. The number of amides is 3. The number of rotatable bonds is 7. The second-order valence-corrected chi connectivity index (χ2v) is 8.61. The molecular weight excluding hydrogens is 454 g/mol. The van der Waals surface area contributed by atoms with Gasteiger partial charge in [0.1, 0.15) is 5.69 Å². The second-order valence-electron chi connectivity index (χ2n) is 8.61. The number of carbonyl (C=O) groups excluding carboxylic acids is 3. The van der Waals surface area contributed by atoms with Crippen molar-refractivity contribution in [1.29, 1.82) is 0 Å². The first-order valence-corrected chi connectivity index (χ1v) is 11.3. The van der Waals surface area contributed by atoms with Crippen LogP contribution in [0, 0.1) is 16.0 Å². The molecule has 0 radical (unpaired) electrons. The van der Waals surface area contributed by atoms with Crippen molar-refractivity contribution < 1.29 is 24.0 Å². The zero-order valence-corrected chi connectivity index (χ0v) is 19.9. The standard InChI is InChI=1S/C24H29N5O6/c1-16(2)15-35-24(32)26-20-6-4-5-19(14-20)25-23(31)18-7-8-21(22(13-18)29(33)34)28-11-9-27(10-12-28)17(3)30/h4-8,13-14,16H,9-12,15H2,1-3H3,(H,25,31)(H,26,32). The fourth-order valence-electron chi connectivity index (χ4n) is 3.61. The smallest absolute Gasteiger partial charge is 0.411 e. The van der Waals surface area contributed by atoms with Crippen molar-refractivity contribution >= 4 is 40.7 Å². The van der Waals surface area contributed by atoms with E-state index < -0.39 is 16.9 Å². The fourth-order valence-corrected chi connectivity index (χ4v) is 3.61. The first kappa shape index (κ1) is 25.5. The van der Waals surface area contributed by atoms with Crippen molar-refractivity contribution in [2.45, 2.75) is 20.8 Å². The number of anilines is 3. The molecule has 2 aromatic rings. The molecule has 1 saturated heterocycles. The summed E-state index contributed by atoms with van der Waals surface area (Å²) in [4.78, 5) is 51.0. The molecule has 11 heteroatoms. The molecular formula is C24H29N5O6. The maximum Gasteiger partial charge on any atom is 0.411 e. The van der Waals surface area contributed by atoms with Crippen molar-refractivity contribution in [2.24, 2.45) is 5.92 Å². The van der Waals surface area contributed by atoms with Crippen LogP contribution in [0.2, 0.25) is 0 Å². The molecule has 0 aromatic heterocycles. The van der Waals surface area contributed by atoms with Gasteiger partial charge in [0.05, 0.1) is 11.5 Å². The van der Waals surface area contributed by atoms with E-state index in [0.717, 1.165) is 0 Å². The molecule has 1 aliphatic rings. The summed E-state index contributed by atoms with van der Waals surface area (Å²) in [7, 11) is 0. The van der Waals surface area contributed by atoms with E-state index in [0.29, 0.717) is 43.2 Å². The van der Waals surface area contributed by atoms with E-state index in [9.17, 15) is 24.5 Å². The Balaban J connectivity index is 1.70. The summed E-state index contributed by atoms with van der Waals surface area (Å²) < 4.78 is 5.09. The van der Waals surface area contributed by atoms with Gasteiger partial charge in [-0.05, 0) is 36.2 Å². The highest BCUT2D eigenvalue weighted by Crippen LogP contribution is 2.30. The number of hydrogen-bond acceptors (Lipinski definition) is 7. The van der Waals surface area contributed by atoms with E-state index in [2.05, 4.69) is 10.6 Å². The van der Waals surface area contributed by atoms with Crippen molar-refractivity contribution in [3.8, 4) is 0 Å². The van der Waals surface area contributed by atoms with Crippen LogP contribution < -0.4 is 15.5 Å². The molecule has 0 atom stereocenters. The molecule has 2 N–H and O–H groups in total. The van der Waals surface area contributed by atoms with Crippen LogP contribution in [-0.4, -0.2) is 60.5 Å². The van der Waals surface area contributed by atoms with Crippen molar-refractivity contribution in [3.05, 3.63) is 58.1 Å². The van der Waals surface area contributed by atoms with Gasteiger partial charge in [0, 0.05) is 56.1 Å². The number of nitro benzene ring substituents is 1. The number of carbonyl (C=O) groups is 3. The Kier molecular flexibility index (Phi) is 8.24. The van der Waals surface area contributed by atoms with Gasteiger partial charge in [0.15, 0.2) is 0 Å². The van der Waals surface area contributed by atoms with Crippen molar-refractivity contribution in [1.82, 2.24) is 4.90 Å². The third-order valence-corrected chi connectivity index (χ3v) is 5.41. The lowest BCUT2D eigenvalue weighted by Gasteiger charge is -2.35. The molecule has 186 valence electrons. The molecule has 0 spiro atoms. The molecule has 3 rings (SSSR count). The first-order valence-electron chi connectivity index (χ1n) is 11.3. The molecule has 35 heavy (non-hydrogen) atoms. The fraction of sp³-hybridized carbons (Fsp3) is 0.375. The Labute approximate surface area is 203 Å². The SMILES string of the molecule is CC(=O)N1CCN(c2ccc(C(=O)Nc3cccc(NC(=O)OCC(C)C)c3)cc2[N+](=O)[O-])CC1. The van der Waals surface area contributed by atoms with Gasteiger partial charge in [-0.15, -0.1) is 0 Å². The monoisotopic (exact) mass is 483 g/mol. The Bertz CT molecular complexity index is 1110. The lowest BCUT2D eigenvalue weighted by Crippen LogP contribution is -2.48. The van der Waals surface area contributed by atoms with E-state index in [-0.39, 0.29) is 29.7 Å². The van der Waals surface area contributed by atoms with Gasteiger partial charge in [-0.2, -0.15) is 0 Å². The number of nitrogens with one attached hydrogen (secondary N) is 2. The Hall–Kier alpha value is -4.15. The van der Waals surface area contributed by atoms with Crippen LogP contribution in [0.25, 0.3) is 0 Å². The predicted octanol–water partition coefficient (Wildman–Crippen LogP) is 3.72. The van der Waals surface area contributed by atoms with Gasteiger partial charge in [-0.1, -0.05) is 19.9 Å². The number of nitro groups is 1. The lowest BCUT2D eigenvalue weighted by atomic mass is 10.1. The van der Waals surface area contributed by atoms with E-state index in [1.807, 2.05) is 18.7 Å². The first-order chi connectivity index (χ1) is 16.6. The average molecular weight is 484 g/mol. The second kappa shape index (κ2) is 11.3. The van der Waals surface area contributed by atoms with Crippen LogP contribution in [-0.2, 0) is 9.53 Å². The number of nitrogens with zero attached hydrogens (tertiary/aromatic N) is 3. The highest BCUT2D eigenvalue weighted by atomic mass is 16.6. The predicted molar refractivity (Wildman–Crippen MR) is 132 cm³/mol. The van der Waals surface area contributed by atoms with Gasteiger partial charge in [-0.3, -0.25) is 25.0 Å². The molecule has 2 aromatic carbocycles. The number of piperazine rings is 1.